The number of aliphatic carboxylic acids is 1. The molecule has 0 bridgehead atoms. The minimum atomic E-state index is -0.908. The summed E-state index contributed by atoms with van der Waals surface area (Å²) in [6.07, 6.45) is 6.72. The number of hydrogen-bond donors (Lipinski definition) is 2. The topological polar surface area (TPSA) is 57.5 Å². The van der Waals surface area contributed by atoms with Crippen molar-refractivity contribution < 1.29 is 15.0 Å². The first-order chi connectivity index (χ1) is 6.16. The Labute approximate surface area is 79.1 Å². The highest BCUT2D eigenvalue weighted by atomic mass is 16.4. The van der Waals surface area contributed by atoms with Gasteiger partial charge in [0.2, 0.25) is 0 Å². The van der Waals surface area contributed by atoms with Gasteiger partial charge in [0, 0.05) is 6.08 Å². The van der Waals surface area contributed by atoms with E-state index in [9.17, 15) is 9.90 Å². The summed E-state index contributed by atoms with van der Waals surface area (Å²) in [6.45, 7) is 2.04. The molecule has 0 rings (SSSR count). The molecule has 0 aliphatic carbocycles. The second-order valence-electron chi connectivity index (χ2n) is 3.11. The molecule has 0 radical (unpaired) electrons. The fourth-order valence-corrected chi connectivity index (χ4v) is 1.13. The number of carboxylic acid groups (broad SMARTS) is 1. The second kappa shape index (κ2) is 7.80. The lowest BCUT2D eigenvalue weighted by Crippen LogP contribution is -2.04. The molecule has 0 aromatic carbocycles. The van der Waals surface area contributed by atoms with Crippen molar-refractivity contribution in [3.63, 3.8) is 0 Å². The lowest BCUT2D eigenvalue weighted by molar-refractivity contribution is -0.131. The Kier molecular flexibility index (Phi) is 7.30. The summed E-state index contributed by atoms with van der Waals surface area (Å²) < 4.78 is 0. The minimum absolute atomic E-state index is 0.219. The van der Waals surface area contributed by atoms with E-state index in [1.54, 1.807) is 6.08 Å². The van der Waals surface area contributed by atoms with Crippen molar-refractivity contribution in [3.8, 4) is 0 Å². The Morgan fingerprint density at radius 2 is 2.15 bits per heavy atom. The summed E-state index contributed by atoms with van der Waals surface area (Å²) in [5, 5.41) is 17.6. The third-order valence-corrected chi connectivity index (χ3v) is 1.79. The lowest BCUT2D eigenvalue weighted by atomic mass is 10.1. The third kappa shape index (κ3) is 9.08. The molecule has 0 aromatic heterocycles. The molecule has 3 nitrogen and oxygen atoms in total. The summed E-state index contributed by atoms with van der Waals surface area (Å²) in [7, 11) is 0. The molecule has 0 saturated heterocycles. The Balaban J connectivity index is 3.29. The van der Waals surface area contributed by atoms with Crippen LogP contribution in [-0.2, 0) is 4.79 Å². The van der Waals surface area contributed by atoms with Crippen molar-refractivity contribution in [3.05, 3.63) is 12.2 Å². The number of rotatable bonds is 7. The maximum absolute atomic E-state index is 10.1. The van der Waals surface area contributed by atoms with E-state index in [4.69, 9.17) is 5.11 Å². The van der Waals surface area contributed by atoms with Gasteiger partial charge in [0.15, 0.2) is 0 Å². The number of allylic oxidation sites excluding steroid dienone is 1. The Morgan fingerprint density at radius 1 is 1.46 bits per heavy atom. The molecule has 76 valence electrons. The van der Waals surface area contributed by atoms with E-state index in [1.165, 1.54) is 0 Å². The number of aliphatic hydroxyl groups excluding tert-OH is 1. The minimum Gasteiger partial charge on any atom is -0.478 e. The fraction of sp³-hybridized carbons (Fsp3) is 0.700. The van der Waals surface area contributed by atoms with Crippen LogP contribution in [0.1, 0.15) is 39.0 Å². The molecule has 0 spiro atoms. The SMILES string of the molecule is CCCC(O)CCCC=CC(=O)O. The van der Waals surface area contributed by atoms with Gasteiger partial charge >= 0.3 is 5.97 Å². The fourth-order valence-electron chi connectivity index (χ4n) is 1.13. The molecule has 0 fully saturated rings. The number of aliphatic hydroxyl groups is 1. The van der Waals surface area contributed by atoms with Crippen LogP contribution in [0.4, 0.5) is 0 Å². The summed E-state index contributed by atoms with van der Waals surface area (Å²) in [6, 6.07) is 0. The molecule has 0 heterocycles. The highest BCUT2D eigenvalue weighted by Crippen LogP contribution is 2.06. The first-order valence-corrected chi connectivity index (χ1v) is 4.74. The van der Waals surface area contributed by atoms with Crippen LogP contribution in [0.3, 0.4) is 0 Å². The molecule has 13 heavy (non-hydrogen) atoms. The standard InChI is InChI=1S/C10H18O3/c1-2-6-9(11)7-4-3-5-8-10(12)13/h5,8-9,11H,2-4,6-7H2,1H3,(H,12,13). The van der Waals surface area contributed by atoms with Crippen LogP contribution in [0.25, 0.3) is 0 Å². The van der Waals surface area contributed by atoms with E-state index in [-0.39, 0.29) is 6.10 Å². The van der Waals surface area contributed by atoms with Gasteiger partial charge in [-0.05, 0) is 25.7 Å². The number of carbonyl (C=O) groups is 1. The van der Waals surface area contributed by atoms with Gasteiger partial charge in [-0.25, -0.2) is 4.79 Å². The van der Waals surface area contributed by atoms with Crippen molar-refractivity contribution in [2.75, 3.05) is 0 Å². The van der Waals surface area contributed by atoms with E-state index in [2.05, 4.69) is 0 Å². The Bertz CT molecular complexity index is 164. The summed E-state index contributed by atoms with van der Waals surface area (Å²) in [5.74, 6) is -0.908. The Hall–Kier alpha value is -0.830. The van der Waals surface area contributed by atoms with E-state index in [1.807, 2.05) is 6.92 Å². The van der Waals surface area contributed by atoms with Crippen LogP contribution >= 0.6 is 0 Å². The van der Waals surface area contributed by atoms with Gasteiger partial charge in [0.05, 0.1) is 6.10 Å². The quantitative estimate of drug-likeness (QED) is 0.472. The average molecular weight is 186 g/mol. The van der Waals surface area contributed by atoms with Crippen LogP contribution < -0.4 is 0 Å². The smallest absolute Gasteiger partial charge is 0.327 e. The van der Waals surface area contributed by atoms with Crippen LogP contribution in [0, 0.1) is 0 Å². The van der Waals surface area contributed by atoms with Crippen LogP contribution in [0.15, 0.2) is 12.2 Å². The van der Waals surface area contributed by atoms with Gasteiger partial charge in [-0.1, -0.05) is 19.4 Å². The molecule has 0 aliphatic rings. The third-order valence-electron chi connectivity index (χ3n) is 1.79. The molecule has 2 N–H and O–H groups in total. The summed E-state index contributed by atoms with van der Waals surface area (Å²) in [4.78, 5) is 10.1. The van der Waals surface area contributed by atoms with Gasteiger partial charge in [-0.3, -0.25) is 0 Å². The first kappa shape index (κ1) is 12.2. The zero-order valence-electron chi connectivity index (χ0n) is 8.07. The molecule has 3 heteroatoms. The van der Waals surface area contributed by atoms with Gasteiger partial charge < -0.3 is 10.2 Å². The van der Waals surface area contributed by atoms with Crippen molar-refractivity contribution in [1.29, 1.82) is 0 Å². The van der Waals surface area contributed by atoms with E-state index in [0.29, 0.717) is 0 Å². The van der Waals surface area contributed by atoms with Gasteiger partial charge in [-0.2, -0.15) is 0 Å². The zero-order valence-corrected chi connectivity index (χ0v) is 8.07. The predicted molar refractivity (Wildman–Crippen MR) is 51.5 cm³/mol. The lowest BCUT2D eigenvalue weighted by Gasteiger charge is -2.06. The van der Waals surface area contributed by atoms with Crippen LogP contribution in [0.5, 0.6) is 0 Å². The predicted octanol–water partition coefficient (Wildman–Crippen LogP) is 1.96. The molecule has 0 saturated carbocycles. The highest BCUT2D eigenvalue weighted by molar-refractivity contribution is 5.79. The van der Waals surface area contributed by atoms with Gasteiger partial charge in [0.25, 0.3) is 0 Å². The van der Waals surface area contributed by atoms with E-state index >= 15 is 0 Å². The highest BCUT2D eigenvalue weighted by Gasteiger charge is 2.00. The molecular formula is C10H18O3. The van der Waals surface area contributed by atoms with E-state index in [0.717, 1.165) is 38.2 Å². The maximum atomic E-state index is 10.1. The van der Waals surface area contributed by atoms with Crippen molar-refractivity contribution in [2.24, 2.45) is 0 Å². The maximum Gasteiger partial charge on any atom is 0.327 e. The molecular weight excluding hydrogens is 168 g/mol. The van der Waals surface area contributed by atoms with Crippen LogP contribution in [-0.4, -0.2) is 22.3 Å². The summed E-state index contributed by atoms with van der Waals surface area (Å²) in [5.41, 5.74) is 0. The number of hydrogen-bond acceptors (Lipinski definition) is 2. The second-order valence-corrected chi connectivity index (χ2v) is 3.11. The molecule has 1 atom stereocenters. The van der Waals surface area contributed by atoms with Crippen LogP contribution in [0.2, 0.25) is 0 Å². The zero-order chi connectivity index (χ0) is 10.1. The monoisotopic (exact) mass is 186 g/mol. The number of unbranched alkanes of at least 4 members (excludes halogenated alkanes) is 1. The molecule has 1 unspecified atom stereocenters. The normalized spacial score (nSPS) is 13.4. The molecule has 0 amide bonds. The van der Waals surface area contributed by atoms with Crippen molar-refractivity contribution >= 4 is 5.97 Å². The summed E-state index contributed by atoms with van der Waals surface area (Å²) >= 11 is 0. The van der Waals surface area contributed by atoms with E-state index < -0.39 is 5.97 Å². The van der Waals surface area contributed by atoms with Gasteiger partial charge in [0.1, 0.15) is 0 Å². The van der Waals surface area contributed by atoms with Crippen molar-refractivity contribution in [1.82, 2.24) is 0 Å². The Morgan fingerprint density at radius 3 is 2.69 bits per heavy atom. The molecule has 0 aliphatic heterocycles. The first-order valence-electron chi connectivity index (χ1n) is 4.74. The molecule has 0 aromatic rings. The van der Waals surface area contributed by atoms with Gasteiger partial charge in [-0.15, -0.1) is 0 Å². The van der Waals surface area contributed by atoms with Crippen molar-refractivity contribution in [2.45, 2.75) is 45.1 Å². The number of carboxylic acids is 1. The largest absolute Gasteiger partial charge is 0.478 e. The average Bonchev–Trinajstić information content (AvgIpc) is 2.03.